The summed E-state index contributed by atoms with van der Waals surface area (Å²) in [7, 11) is 0. The van der Waals surface area contributed by atoms with Crippen molar-refractivity contribution in [2.75, 3.05) is 13.1 Å². The van der Waals surface area contributed by atoms with Crippen molar-refractivity contribution >= 4 is 17.7 Å². The third-order valence-electron chi connectivity index (χ3n) is 4.78. The van der Waals surface area contributed by atoms with Gasteiger partial charge in [-0.2, -0.15) is 5.10 Å². The van der Waals surface area contributed by atoms with E-state index in [1.807, 2.05) is 29.2 Å². The zero-order chi connectivity index (χ0) is 16.4. The number of rotatable bonds is 4. The molecule has 1 aromatic carbocycles. The zero-order valence-corrected chi connectivity index (χ0v) is 14.3. The fourth-order valence-corrected chi connectivity index (χ4v) is 4.20. The van der Waals surface area contributed by atoms with Gasteiger partial charge in [0.15, 0.2) is 5.16 Å². The Morgan fingerprint density at radius 2 is 2.04 bits per heavy atom. The van der Waals surface area contributed by atoms with E-state index < -0.39 is 0 Å². The number of nitrogens with zero attached hydrogens (tertiary/aromatic N) is 3. The van der Waals surface area contributed by atoms with Gasteiger partial charge in [0.25, 0.3) is 5.91 Å². The van der Waals surface area contributed by atoms with E-state index >= 15 is 0 Å². The lowest BCUT2D eigenvalue weighted by molar-refractivity contribution is 0.0748. The number of aromatic nitrogens is 3. The second-order valence-corrected chi connectivity index (χ2v) is 7.42. The number of hydrogen-bond donors (Lipinski definition) is 2. The molecule has 2 fully saturated rings. The lowest BCUT2D eigenvalue weighted by atomic mass is 10.1. The minimum Gasteiger partial charge on any atom is -0.337 e. The molecule has 2 atom stereocenters. The Labute approximate surface area is 145 Å². The van der Waals surface area contributed by atoms with Crippen LogP contribution in [0.2, 0.25) is 0 Å². The van der Waals surface area contributed by atoms with Crippen LogP contribution in [0.15, 0.2) is 35.7 Å². The molecule has 2 aliphatic heterocycles. The van der Waals surface area contributed by atoms with Gasteiger partial charge in [0.2, 0.25) is 0 Å². The normalized spacial score (nSPS) is 23.2. The number of carbonyl (C=O) groups excluding carboxylic acids is 1. The van der Waals surface area contributed by atoms with Crippen LogP contribution in [-0.2, 0) is 5.75 Å². The molecule has 2 N–H and O–H groups in total. The van der Waals surface area contributed by atoms with Gasteiger partial charge in [-0.3, -0.25) is 9.89 Å². The predicted octanol–water partition coefficient (Wildman–Crippen LogP) is 2.06. The first-order chi connectivity index (χ1) is 11.8. The molecule has 0 spiro atoms. The summed E-state index contributed by atoms with van der Waals surface area (Å²) >= 11 is 1.60. The van der Waals surface area contributed by atoms with E-state index in [9.17, 15) is 4.79 Å². The lowest BCUT2D eigenvalue weighted by Crippen LogP contribution is -2.39. The van der Waals surface area contributed by atoms with Crippen molar-refractivity contribution in [2.45, 2.75) is 42.3 Å². The van der Waals surface area contributed by atoms with Crippen LogP contribution in [0.4, 0.5) is 0 Å². The SMILES string of the molecule is O=C(c1ccc(CSc2ncn[nH]2)cc1)N1CCC2CCC(C1)N2. The zero-order valence-electron chi connectivity index (χ0n) is 13.4. The first-order valence-electron chi connectivity index (χ1n) is 8.40. The predicted molar refractivity (Wildman–Crippen MR) is 92.9 cm³/mol. The average molecular weight is 343 g/mol. The van der Waals surface area contributed by atoms with Gasteiger partial charge in [-0.25, -0.2) is 4.98 Å². The molecule has 4 rings (SSSR count). The Kier molecular flexibility index (Phi) is 4.53. The van der Waals surface area contributed by atoms with E-state index in [4.69, 9.17) is 0 Å². The van der Waals surface area contributed by atoms with Gasteiger partial charge in [0.1, 0.15) is 6.33 Å². The van der Waals surface area contributed by atoms with Crippen LogP contribution in [0.3, 0.4) is 0 Å². The molecular weight excluding hydrogens is 322 g/mol. The number of likely N-dealkylation sites (tertiary alicyclic amines) is 1. The van der Waals surface area contributed by atoms with Crippen LogP contribution in [-0.4, -0.2) is 51.2 Å². The van der Waals surface area contributed by atoms with Crippen molar-refractivity contribution in [1.29, 1.82) is 0 Å². The van der Waals surface area contributed by atoms with Crippen molar-refractivity contribution in [3.63, 3.8) is 0 Å². The highest BCUT2D eigenvalue weighted by molar-refractivity contribution is 7.98. The lowest BCUT2D eigenvalue weighted by Gasteiger charge is -2.24. The first kappa shape index (κ1) is 15.7. The third-order valence-corrected chi connectivity index (χ3v) is 5.73. The number of thioether (sulfide) groups is 1. The number of benzene rings is 1. The fraction of sp³-hybridized carbons (Fsp3) is 0.471. The molecule has 0 radical (unpaired) electrons. The minimum absolute atomic E-state index is 0.152. The summed E-state index contributed by atoms with van der Waals surface area (Å²) < 4.78 is 0. The van der Waals surface area contributed by atoms with Gasteiger partial charge in [-0.1, -0.05) is 23.9 Å². The second kappa shape index (κ2) is 6.94. The van der Waals surface area contributed by atoms with E-state index in [0.717, 1.165) is 36.0 Å². The van der Waals surface area contributed by atoms with Crippen LogP contribution in [0.1, 0.15) is 35.2 Å². The van der Waals surface area contributed by atoms with Crippen LogP contribution in [0.5, 0.6) is 0 Å². The van der Waals surface area contributed by atoms with E-state index in [1.54, 1.807) is 11.8 Å². The van der Waals surface area contributed by atoms with Crippen LogP contribution < -0.4 is 5.32 Å². The summed E-state index contributed by atoms with van der Waals surface area (Å²) in [5, 5.41) is 11.1. The summed E-state index contributed by atoms with van der Waals surface area (Å²) in [4.78, 5) is 18.9. The number of aromatic amines is 1. The molecule has 0 saturated carbocycles. The standard InChI is InChI=1S/C17H21N5OS/c23-16(22-8-7-14-5-6-15(9-22)20-14)13-3-1-12(2-4-13)10-24-17-18-11-19-21-17/h1-4,11,14-15,20H,5-10H2,(H,18,19,21). The quantitative estimate of drug-likeness (QED) is 0.832. The number of hydrogen-bond acceptors (Lipinski definition) is 5. The van der Waals surface area contributed by atoms with Crippen molar-refractivity contribution in [3.8, 4) is 0 Å². The Morgan fingerprint density at radius 1 is 1.21 bits per heavy atom. The maximum atomic E-state index is 12.8. The van der Waals surface area contributed by atoms with Crippen LogP contribution >= 0.6 is 11.8 Å². The van der Waals surface area contributed by atoms with Gasteiger partial charge in [-0.15, -0.1) is 0 Å². The largest absolute Gasteiger partial charge is 0.337 e. The Hall–Kier alpha value is -1.86. The summed E-state index contributed by atoms with van der Waals surface area (Å²) in [6.07, 6.45) is 5.01. The molecule has 2 aliphatic rings. The molecule has 1 aromatic heterocycles. The number of nitrogens with one attached hydrogen (secondary N) is 2. The maximum absolute atomic E-state index is 12.8. The minimum atomic E-state index is 0.152. The summed E-state index contributed by atoms with van der Waals surface area (Å²) in [5.74, 6) is 0.958. The van der Waals surface area contributed by atoms with E-state index in [1.165, 1.54) is 24.7 Å². The summed E-state index contributed by atoms with van der Waals surface area (Å²) in [5.41, 5.74) is 1.95. The molecule has 7 heteroatoms. The Balaban J connectivity index is 1.37. The molecule has 6 nitrogen and oxygen atoms in total. The highest BCUT2D eigenvalue weighted by Gasteiger charge is 2.31. The molecule has 2 unspecified atom stereocenters. The second-order valence-electron chi connectivity index (χ2n) is 6.45. The van der Waals surface area contributed by atoms with Crippen LogP contribution in [0, 0.1) is 0 Å². The molecule has 0 aliphatic carbocycles. The molecule has 126 valence electrons. The van der Waals surface area contributed by atoms with Crippen molar-refractivity contribution in [2.24, 2.45) is 0 Å². The molecule has 2 aromatic rings. The monoisotopic (exact) mass is 343 g/mol. The molecule has 3 heterocycles. The van der Waals surface area contributed by atoms with E-state index in [2.05, 4.69) is 20.5 Å². The summed E-state index contributed by atoms with van der Waals surface area (Å²) in [6, 6.07) is 9.00. The topological polar surface area (TPSA) is 73.9 Å². The third kappa shape index (κ3) is 3.47. The average Bonchev–Trinajstić information content (AvgIpc) is 3.22. The Morgan fingerprint density at radius 3 is 2.83 bits per heavy atom. The molecule has 24 heavy (non-hydrogen) atoms. The molecular formula is C17H21N5OS. The maximum Gasteiger partial charge on any atom is 0.253 e. The van der Waals surface area contributed by atoms with E-state index in [-0.39, 0.29) is 5.91 Å². The van der Waals surface area contributed by atoms with Gasteiger partial charge in [0, 0.05) is 36.5 Å². The molecule has 2 bridgehead atoms. The van der Waals surface area contributed by atoms with E-state index in [0.29, 0.717) is 12.1 Å². The number of carbonyl (C=O) groups is 1. The van der Waals surface area contributed by atoms with Gasteiger partial charge in [-0.05, 0) is 37.0 Å². The van der Waals surface area contributed by atoms with Gasteiger partial charge in [0.05, 0.1) is 0 Å². The van der Waals surface area contributed by atoms with Crippen LogP contribution in [0.25, 0.3) is 0 Å². The van der Waals surface area contributed by atoms with Crippen molar-refractivity contribution < 1.29 is 4.79 Å². The summed E-state index contributed by atoms with van der Waals surface area (Å²) in [6.45, 7) is 1.69. The molecule has 1 amide bonds. The number of fused-ring (bicyclic) bond motifs is 2. The van der Waals surface area contributed by atoms with Crippen molar-refractivity contribution in [1.82, 2.24) is 25.4 Å². The van der Waals surface area contributed by atoms with Crippen molar-refractivity contribution in [3.05, 3.63) is 41.7 Å². The smallest absolute Gasteiger partial charge is 0.253 e. The number of H-pyrrole nitrogens is 1. The Bertz CT molecular complexity index is 688. The first-order valence-corrected chi connectivity index (χ1v) is 9.39. The number of amides is 1. The molecule has 2 saturated heterocycles. The fourth-order valence-electron chi connectivity index (χ4n) is 3.47. The van der Waals surface area contributed by atoms with Gasteiger partial charge < -0.3 is 10.2 Å². The highest BCUT2D eigenvalue weighted by Crippen LogP contribution is 2.22. The van der Waals surface area contributed by atoms with Gasteiger partial charge >= 0.3 is 0 Å². The highest BCUT2D eigenvalue weighted by atomic mass is 32.2.